The Labute approximate surface area is 113 Å². The molecular formula is C14H23N3O2. The molecule has 1 heterocycles. The number of aromatic nitrogens is 2. The van der Waals surface area contributed by atoms with Crippen molar-refractivity contribution in [1.29, 1.82) is 0 Å². The van der Waals surface area contributed by atoms with E-state index < -0.39 is 0 Å². The van der Waals surface area contributed by atoms with Crippen molar-refractivity contribution in [1.82, 2.24) is 14.5 Å². The van der Waals surface area contributed by atoms with Crippen LogP contribution in [0.1, 0.15) is 52.0 Å². The van der Waals surface area contributed by atoms with Crippen molar-refractivity contribution in [3.63, 3.8) is 0 Å². The minimum atomic E-state index is -0.117. The van der Waals surface area contributed by atoms with E-state index in [4.69, 9.17) is 0 Å². The monoisotopic (exact) mass is 265 g/mol. The second kappa shape index (κ2) is 6.08. The summed E-state index contributed by atoms with van der Waals surface area (Å²) in [6, 6.07) is 0.416. The molecule has 2 rings (SSSR count). The first-order valence-electron chi connectivity index (χ1n) is 7.14. The lowest BCUT2D eigenvalue weighted by Crippen LogP contribution is -2.40. The summed E-state index contributed by atoms with van der Waals surface area (Å²) in [7, 11) is 0. The van der Waals surface area contributed by atoms with Gasteiger partial charge < -0.3 is 5.32 Å². The molecule has 19 heavy (non-hydrogen) atoms. The van der Waals surface area contributed by atoms with Crippen LogP contribution in [0.5, 0.6) is 0 Å². The molecule has 0 atom stereocenters. The molecule has 0 saturated heterocycles. The fourth-order valence-electron chi connectivity index (χ4n) is 2.62. The van der Waals surface area contributed by atoms with E-state index in [1.807, 2.05) is 13.8 Å². The first-order chi connectivity index (χ1) is 9.08. The van der Waals surface area contributed by atoms with Crippen molar-refractivity contribution < 1.29 is 4.79 Å². The van der Waals surface area contributed by atoms with E-state index in [-0.39, 0.29) is 24.2 Å². The fourth-order valence-corrected chi connectivity index (χ4v) is 2.62. The molecule has 0 unspecified atom stereocenters. The van der Waals surface area contributed by atoms with Gasteiger partial charge >= 0.3 is 5.69 Å². The fraction of sp³-hybridized carbons (Fsp3) is 0.714. The number of rotatable bonds is 4. The number of carbonyl (C=O) groups excluding carboxylic acids is 1. The Balaban J connectivity index is 1.93. The average Bonchev–Trinajstić information content (AvgIpc) is 2.72. The van der Waals surface area contributed by atoms with Crippen LogP contribution < -0.4 is 11.0 Å². The van der Waals surface area contributed by atoms with Crippen LogP contribution in [0, 0.1) is 0 Å². The van der Waals surface area contributed by atoms with Crippen LogP contribution in [0.4, 0.5) is 0 Å². The highest BCUT2D eigenvalue weighted by molar-refractivity contribution is 5.76. The Morgan fingerprint density at radius 3 is 2.58 bits per heavy atom. The first-order valence-corrected chi connectivity index (χ1v) is 7.14. The minimum absolute atomic E-state index is 0.0597. The molecule has 0 aromatic carbocycles. The van der Waals surface area contributed by atoms with Gasteiger partial charge in [-0.25, -0.2) is 4.79 Å². The Morgan fingerprint density at radius 2 is 2.00 bits per heavy atom. The second-order valence-corrected chi connectivity index (χ2v) is 5.61. The van der Waals surface area contributed by atoms with Gasteiger partial charge in [-0.2, -0.15) is 0 Å². The normalized spacial score (nSPS) is 16.8. The van der Waals surface area contributed by atoms with Crippen LogP contribution >= 0.6 is 0 Å². The summed E-state index contributed by atoms with van der Waals surface area (Å²) in [4.78, 5) is 23.9. The van der Waals surface area contributed by atoms with Crippen molar-refractivity contribution in [3.8, 4) is 0 Å². The molecule has 1 aliphatic carbocycles. The Morgan fingerprint density at radius 1 is 1.32 bits per heavy atom. The zero-order chi connectivity index (χ0) is 13.8. The van der Waals surface area contributed by atoms with Gasteiger partial charge in [-0.3, -0.25) is 13.9 Å². The van der Waals surface area contributed by atoms with Crippen LogP contribution in [0.25, 0.3) is 0 Å². The smallest absolute Gasteiger partial charge is 0.328 e. The molecule has 1 aliphatic rings. The van der Waals surface area contributed by atoms with Gasteiger partial charge in [0.15, 0.2) is 0 Å². The third-order valence-corrected chi connectivity index (χ3v) is 3.71. The van der Waals surface area contributed by atoms with Gasteiger partial charge in [-0.1, -0.05) is 19.3 Å². The van der Waals surface area contributed by atoms with Gasteiger partial charge in [0.2, 0.25) is 5.91 Å². The Kier molecular flexibility index (Phi) is 4.45. The van der Waals surface area contributed by atoms with Crippen molar-refractivity contribution in [3.05, 3.63) is 22.9 Å². The quantitative estimate of drug-likeness (QED) is 0.900. The molecule has 5 heteroatoms. The number of imidazole rings is 1. The molecule has 1 aromatic heterocycles. The maximum absolute atomic E-state index is 12.0. The third kappa shape index (κ3) is 3.49. The van der Waals surface area contributed by atoms with E-state index in [0.29, 0.717) is 6.04 Å². The molecule has 1 fully saturated rings. The van der Waals surface area contributed by atoms with Gasteiger partial charge in [0.1, 0.15) is 6.54 Å². The van der Waals surface area contributed by atoms with Crippen LogP contribution in [-0.4, -0.2) is 21.1 Å². The van der Waals surface area contributed by atoms with Crippen LogP contribution in [0.2, 0.25) is 0 Å². The number of nitrogens with one attached hydrogen (secondary N) is 1. The molecule has 0 radical (unpaired) electrons. The van der Waals surface area contributed by atoms with E-state index in [2.05, 4.69) is 5.32 Å². The van der Waals surface area contributed by atoms with Gasteiger partial charge in [0.25, 0.3) is 0 Å². The van der Waals surface area contributed by atoms with Crippen LogP contribution in [0.3, 0.4) is 0 Å². The van der Waals surface area contributed by atoms with E-state index in [1.54, 1.807) is 17.0 Å². The molecular weight excluding hydrogens is 242 g/mol. The van der Waals surface area contributed by atoms with Crippen LogP contribution in [-0.2, 0) is 11.3 Å². The van der Waals surface area contributed by atoms with Crippen molar-refractivity contribution in [2.24, 2.45) is 0 Å². The minimum Gasteiger partial charge on any atom is -0.352 e. The number of hydrogen-bond donors (Lipinski definition) is 1. The number of hydrogen-bond acceptors (Lipinski definition) is 2. The summed E-state index contributed by atoms with van der Waals surface area (Å²) in [5.74, 6) is -0.0597. The summed E-state index contributed by atoms with van der Waals surface area (Å²) in [6.45, 7) is 4.02. The van der Waals surface area contributed by atoms with Crippen molar-refractivity contribution in [2.75, 3.05) is 0 Å². The number of nitrogens with zero attached hydrogens (tertiary/aromatic N) is 2. The molecule has 0 bridgehead atoms. The predicted molar refractivity (Wildman–Crippen MR) is 74.1 cm³/mol. The predicted octanol–water partition coefficient (Wildman–Crippen LogP) is 1.68. The zero-order valence-corrected chi connectivity index (χ0v) is 11.8. The molecule has 1 aromatic rings. The van der Waals surface area contributed by atoms with Crippen LogP contribution in [0.15, 0.2) is 17.2 Å². The van der Waals surface area contributed by atoms with Gasteiger partial charge in [-0.05, 0) is 26.7 Å². The molecule has 1 amide bonds. The lowest BCUT2D eigenvalue weighted by atomic mass is 9.95. The average molecular weight is 265 g/mol. The van der Waals surface area contributed by atoms with E-state index in [0.717, 1.165) is 12.8 Å². The maximum atomic E-state index is 12.0. The topological polar surface area (TPSA) is 56.0 Å². The largest absolute Gasteiger partial charge is 0.352 e. The van der Waals surface area contributed by atoms with Gasteiger partial charge in [0, 0.05) is 24.5 Å². The lowest BCUT2D eigenvalue weighted by molar-refractivity contribution is -0.122. The molecule has 5 nitrogen and oxygen atoms in total. The highest BCUT2D eigenvalue weighted by Crippen LogP contribution is 2.17. The van der Waals surface area contributed by atoms with Crippen molar-refractivity contribution in [2.45, 2.75) is 64.6 Å². The highest BCUT2D eigenvalue weighted by atomic mass is 16.2. The van der Waals surface area contributed by atoms with Gasteiger partial charge in [0.05, 0.1) is 0 Å². The summed E-state index contributed by atoms with van der Waals surface area (Å²) < 4.78 is 3.10. The number of amides is 1. The standard InChI is InChI=1S/C14H23N3O2/c1-11(2)17-9-8-16(14(17)19)10-13(18)15-12-6-4-3-5-7-12/h8-9,11-12H,3-7,10H2,1-2H3,(H,15,18). The maximum Gasteiger partial charge on any atom is 0.328 e. The SMILES string of the molecule is CC(C)n1ccn(CC(=O)NC2CCCCC2)c1=O. The summed E-state index contributed by atoms with van der Waals surface area (Å²) >= 11 is 0. The molecule has 1 N–H and O–H groups in total. The third-order valence-electron chi connectivity index (χ3n) is 3.71. The Bertz CT molecular complexity index is 481. The van der Waals surface area contributed by atoms with E-state index in [9.17, 15) is 9.59 Å². The first kappa shape index (κ1) is 13.9. The number of carbonyl (C=O) groups is 1. The highest BCUT2D eigenvalue weighted by Gasteiger charge is 2.16. The zero-order valence-electron chi connectivity index (χ0n) is 11.8. The van der Waals surface area contributed by atoms with Gasteiger partial charge in [-0.15, -0.1) is 0 Å². The summed E-state index contributed by atoms with van der Waals surface area (Å²) in [5, 5.41) is 3.03. The van der Waals surface area contributed by atoms with E-state index in [1.165, 1.54) is 23.8 Å². The molecule has 106 valence electrons. The van der Waals surface area contributed by atoms with E-state index >= 15 is 0 Å². The summed E-state index contributed by atoms with van der Waals surface area (Å²) in [6.07, 6.45) is 9.19. The Hall–Kier alpha value is -1.52. The lowest BCUT2D eigenvalue weighted by Gasteiger charge is -2.22. The summed E-state index contributed by atoms with van der Waals surface area (Å²) in [5.41, 5.74) is -0.117. The molecule has 0 spiro atoms. The molecule has 0 aliphatic heterocycles. The second-order valence-electron chi connectivity index (χ2n) is 5.61. The molecule has 1 saturated carbocycles. The van der Waals surface area contributed by atoms with Crippen molar-refractivity contribution >= 4 is 5.91 Å².